The Bertz CT molecular complexity index is 587. The van der Waals surface area contributed by atoms with Crippen LogP contribution in [0.2, 0.25) is 0 Å². The molecule has 0 radical (unpaired) electrons. The maximum absolute atomic E-state index is 12.8. The lowest BCUT2D eigenvalue weighted by molar-refractivity contribution is -0.137. The van der Waals surface area contributed by atoms with Crippen LogP contribution < -0.4 is 0 Å². The maximum Gasteiger partial charge on any atom is 0.417 e. The van der Waals surface area contributed by atoms with Crippen LogP contribution in [-0.2, 0) is 6.18 Å². The summed E-state index contributed by atoms with van der Waals surface area (Å²) in [6.07, 6.45) is -4.49. The number of aromatic nitrogens is 1. The molecule has 0 atom stereocenters. The van der Waals surface area contributed by atoms with Crippen molar-refractivity contribution in [1.82, 2.24) is 5.16 Å². The normalized spacial score (nSPS) is 11.6. The third kappa shape index (κ3) is 2.27. The Morgan fingerprint density at radius 1 is 1.28 bits per heavy atom. The Kier molecular flexibility index (Phi) is 2.94. The molecule has 0 unspecified atom stereocenters. The fraction of sp³-hybridized carbons (Fsp3) is 0.167. The Morgan fingerprint density at radius 2 is 1.94 bits per heavy atom. The van der Waals surface area contributed by atoms with Crippen LogP contribution in [0.4, 0.5) is 13.2 Å². The molecule has 3 nitrogen and oxygen atoms in total. The smallest absolute Gasteiger partial charge is 0.356 e. The standard InChI is InChI=1S/C12H8F3NO2/c1-7(17)10-6-11(18-16-10)8-4-2-3-5-9(8)12(13,14)15/h2-6H,1H3. The molecule has 0 aliphatic rings. The van der Waals surface area contributed by atoms with E-state index in [2.05, 4.69) is 5.16 Å². The van der Waals surface area contributed by atoms with Gasteiger partial charge < -0.3 is 4.52 Å². The van der Waals surface area contributed by atoms with E-state index in [0.29, 0.717) is 0 Å². The van der Waals surface area contributed by atoms with Gasteiger partial charge in [0, 0.05) is 18.6 Å². The molecule has 1 aromatic heterocycles. The number of rotatable bonds is 2. The zero-order valence-electron chi connectivity index (χ0n) is 9.28. The van der Waals surface area contributed by atoms with Gasteiger partial charge in [0.2, 0.25) is 0 Å². The van der Waals surface area contributed by atoms with Crippen molar-refractivity contribution in [3.05, 3.63) is 41.6 Å². The van der Waals surface area contributed by atoms with Crippen molar-refractivity contribution in [1.29, 1.82) is 0 Å². The molecular formula is C12H8F3NO2. The Hall–Kier alpha value is -2.11. The van der Waals surface area contributed by atoms with Crippen molar-refractivity contribution in [2.24, 2.45) is 0 Å². The summed E-state index contributed by atoms with van der Waals surface area (Å²) in [5, 5.41) is 3.42. The van der Waals surface area contributed by atoms with Gasteiger partial charge in [-0.05, 0) is 6.07 Å². The zero-order chi connectivity index (χ0) is 13.3. The van der Waals surface area contributed by atoms with Gasteiger partial charge in [-0.2, -0.15) is 13.2 Å². The van der Waals surface area contributed by atoms with Crippen LogP contribution >= 0.6 is 0 Å². The van der Waals surface area contributed by atoms with Crippen LogP contribution in [0.1, 0.15) is 23.0 Å². The molecule has 0 amide bonds. The molecule has 2 aromatic rings. The van der Waals surface area contributed by atoms with Crippen LogP contribution in [0, 0.1) is 0 Å². The lowest BCUT2D eigenvalue weighted by Crippen LogP contribution is -2.06. The number of Topliss-reactive ketones (excluding diaryl/α,β-unsaturated/α-hetero) is 1. The third-order valence-electron chi connectivity index (χ3n) is 2.37. The quantitative estimate of drug-likeness (QED) is 0.770. The number of ketones is 1. The summed E-state index contributed by atoms with van der Waals surface area (Å²) in [5.41, 5.74) is -0.955. The minimum Gasteiger partial charge on any atom is -0.356 e. The van der Waals surface area contributed by atoms with Crippen LogP contribution in [-0.4, -0.2) is 10.9 Å². The van der Waals surface area contributed by atoms with E-state index >= 15 is 0 Å². The van der Waals surface area contributed by atoms with E-state index in [1.807, 2.05) is 0 Å². The summed E-state index contributed by atoms with van der Waals surface area (Å²) >= 11 is 0. The molecule has 1 heterocycles. The topological polar surface area (TPSA) is 43.1 Å². The summed E-state index contributed by atoms with van der Waals surface area (Å²) in [7, 11) is 0. The van der Waals surface area contributed by atoms with Gasteiger partial charge in [0.25, 0.3) is 0 Å². The predicted octanol–water partition coefficient (Wildman–Crippen LogP) is 3.56. The molecule has 0 aliphatic carbocycles. The molecule has 0 spiro atoms. The largest absolute Gasteiger partial charge is 0.417 e. The van der Waals surface area contributed by atoms with E-state index in [4.69, 9.17) is 4.52 Å². The van der Waals surface area contributed by atoms with Gasteiger partial charge in [-0.1, -0.05) is 23.4 Å². The molecule has 0 bridgehead atoms. The molecular weight excluding hydrogens is 247 g/mol. The Balaban J connectivity index is 2.53. The summed E-state index contributed by atoms with van der Waals surface area (Å²) in [4.78, 5) is 11.0. The minimum absolute atomic E-state index is 0.00183. The lowest BCUT2D eigenvalue weighted by atomic mass is 10.0. The van der Waals surface area contributed by atoms with Crippen LogP contribution in [0.15, 0.2) is 34.9 Å². The number of halogens is 3. The molecule has 0 N–H and O–H groups in total. The average Bonchev–Trinajstić information content (AvgIpc) is 2.77. The van der Waals surface area contributed by atoms with E-state index in [1.165, 1.54) is 31.2 Å². The van der Waals surface area contributed by atoms with Crippen LogP contribution in [0.5, 0.6) is 0 Å². The summed E-state index contributed by atoms with van der Waals surface area (Å²) in [6, 6.07) is 6.17. The first kappa shape index (κ1) is 12.3. The second kappa shape index (κ2) is 4.29. The van der Waals surface area contributed by atoms with Gasteiger partial charge in [0.1, 0.15) is 5.69 Å². The second-order valence-corrected chi connectivity index (χ2v) is 3.68. The molecule has 0 fully saturated rings. The number of hydrogen-bond donors (Lipinski definition) is 0. The Labute approximate surface area is 100 Å². The van der Waals surface area contributed by atoms with Gasteiger partial charge in [0.05, 0.1) is 5.56 Å². The summed E-state index contributed by atoms with van der Waals surface area (Å²) in [5.74, 6) is -0.442. The molecule has 0 saturated carbocycles. The van der Waals surface area contributed by atoms with Crippen molar-refractivity contribution in [2.45, 2.75) is 13.1 Å². The van der Waals surface area contributed by atoms with Gasteiger partial charge in [-0.3, -0.25) is 4.79 Å². The van der Waals surface area contributed by atoms with Crippen molar-refractivity contribution < 1.29 is 22.5 Å². The fourth-order valence-corrected chi connectivity index (χ4v) is 1.51. The third-order valence-corrected chi connectivity index (χ3v) is 2.37. The van der Waals surface area contributed by atoms with Crippen LogP contribution in [0.25, 0.3) is 11.3 Å². The highest BCUT2D eigenvalue weighted by molar-refractivity contribution is 5.92. The SMILES string of the molecule is CC(=O)c1cc(-c2ccccc2C(F)(F)F)on1. The molecule has 0 aliphatic heterocycles. The number of nitrogens with zero attached hydrogens (tertiary/aromatic N) is 1. The first-order valence-electron chi connectivity index (χ1n) is 5.04. The van der Waals surface area contributed by atoms with E-state index in [1.54, 1.807) is 0 Å². The lowest BCUT2D eigenvalue weighted by Gasteiger charge is -2.09. The number of hydrogen-bond acceptors (Lipinski definition) is 3. The van der Waals surface area contributed by atoms with Gasteiger partial charge in [-0.25, -0.2) is 0 Å². The van der Waals surface area contributed by atoms with Gasteiger partial charge in [-0.15, -0.1) is 0 Å². The van der Waals surface area contributed by atoms with Crippen molar-refractivity contribution in [3.63, 3.8) is 0 Å². The maximum atomic E-state index is 12.8. The van der Waals surface area contributed by atoms with E-state index in [-0.39, 0.29) is 22.8 Å². The van der Waals surface area contributed by atoms with Gasteiger partial charge in [0.15, 0.2) is 11.5 Å². The van der Waals surface area contributed by atoms with E-state index in [0.717, 1.165) is 6.07 Å². The van der Waals surface area contributed by atoms with Crippen molar-refractivity contribution in [2.75, 3.05) is 0 Å². The van der Waals surface area contributed by atoms with E-state index < -0.39 is 11.7 Å². The number of benzene rings is 1. The van der Waals surface area contributed by atoms with Gasteiger partial charge >= 0.3 is 6.18 Å². The molecule has 94 valence electrons. The second-order valence-electron chi connectivity index (χ2n) is 3.68. The highest BCUT2D eigenvalue weighted by atomic mass is 19.4. The Morgan fingerprint density at radius 3 is 2.50 bits per heavy atom. The first-order valence-corrected chi connectivity index (χ1v) is 5.04. The van der Waals surface area contributed by atoms with Crippen molar-refractivity contribution >= 4 is 5.78 Å². The number of carbonyl (C=O) groups is 1. The molecule has 6 heteroatoms. The highest BCUT2D eigenvalue weighted by Gasteiger charge is 2.34. The highest BCUT2D eigenvalue weighted by Crippen LogP contribution is 2.36. The molecule has 2 rings (SSSR count). The molecule has 18 heavy (non-hydrogen) atoms. The summed E-state index contributed by atoms with van der Waals surface area (Å²) in [6.45, 7) is 1.26. The fourth-order valence-electron chi connectivity index (χ4n) is 1.51. The first-order chi connectivity index (χ1) is 8.39. The van der Waals surface area contributed by atoms with Crippen molar-refractivity contribution in [3.8, 4) is 11.3 Å². The zero-order valence-corrected chi connectivity index (χ0v) is 9.28. The number of carbonyl (C=O) groups excluding carboxylic acids is 1. The average molecular weight is 255 g/mol. The van der Waals surface area contributed by atoms with E-state index in [9.17, 15) is 18.0 Å². The predicted molar refractivity (Wildman–Crippen MR) is 56.9 cm³/mol. The minimum atomic E-state index is -4.49. The monoisotopic (exact) mass is 255 g/mol. The number of alkyl halides is 3. The molecule has 1 aromatic carbocycles. The summed E-state index contributed by atoms with van der Waals surface area (Å²) < 4.78 is 43.1. The van der Waals surface area contributed by atoms with Crippen LogP contribution in [0.3, 0.4) is 0 Å². The molecule has 0 saturated heterocycles.